The van der Waals surface area contributed by atoms with Crippen LogP contribution in [-0.2, 0) is 0 Å². The summed E-state index contributed by atoms with van der Waals surface area (Å²) in [5.41, 5.74) is 0. The van der Waals surface area contributed by atoms with Crippen molar-refractivity contribution in [1.82, 2.24) is 10.2 Å². The van der Waals surface area contributed by atoms with Gasteiger partial charge in [0.25, 0.3) is 0 Å². The van der Waals surface area contributed by atoms with Gasteiger partial charge in [0.05, 0.1) is 5.37 Å². The molecule has 0 bridgehead atoms. The van der Waals surface area contributed by atoms with Gasteiger partial charge < -0.3 is 5.32 Å². The molecule has 0 aromatic heterocycles. The van der Waals surface area contributed by atoms with Crippen molar-refractivity contribution in [3.8, 4) is 0 Å². The van der Waals surface area contributed by atoms with E-state index in [1.807, 2.05) is 0 Å². The lowest BCUT2D eigenvalue weighted by atomic mass is 10.1. The number of rotatable bonds is 1. The van der Waals surface area contributed by atoms with Gasteiger partial charge in [0.1, 0.15) is 6.04 Å². The first-order valence-electron chi connectivity index (χ1n) is 5.74. The van der Waals surface area contributed by atoms with Gasteiger partial charge in [-0.15, -0.1) is 11.8 Å². The zero-order valence-electron chi connectivity index (χ0n) is 9.09. The van der Waals surface area contributed by atoms with Crippen LogP contribution in [0.2, 0.25) is 0 Å². The molecule has 2 aliphatic heterocycles. The SMILES string of the molecule is FC(F)(F)C1CNCCN1C1CCCCS1. The van der Waals surface area contributed by atoms with Crippen LogP contribution in [0.3, 0.4) is 0 Å². The first-order chi connectivity index (χ1) is 7.59. The summed E-state index contributed by atoms with van der Waals surface area (Å²) in [6.07, 6.45) is -1.00. The smallest absolute Gasteiger partial charge is 0.314 e. The Kier molecular flexibility index (Phi) is 4.02. The average Bonchev–Trinajstić information content (AvgIpc) is 2.29. The summed E-state index contributed by atoms with van der Waals surface area (Å²) < 4.78 is 38.6. The molecule has 2 atom stereocenters. The molecule has 2 saturated heterocycles. The lowest BCUT2D eigenvalue weighted by molar-refractivity contribution is -0.189. The normalized spacial score (nSPS) is 33.9. The number of hydrogen-bond donors (Lipinski definition) is 1. The van der Waals surface area contributed by atoms with Crippen LogP contribution in [0.5, 0.6) is 0 Å². The lowest BCUT2D eigenvalue weighted by Crippen LogP contribution is -2.60. The van der Waals surface area contributed by atoms with Crippen LogP contribution in [0.4, 0.5) is 13.2 Å². The summed E-state index contributed by atoms with van der Waals surface area (Å²) in [6.45, 7) is 1.23. The Morgan fingerprint density at radius 1 is 1.25 bits per heavy atom. The van der Waals surface area contributed by atoms with Crippen LogP contribution in [0.1, 0.15) is 19.3 Å². The Hall–Kier alpha value is 0.0600. The summed E-state index contributed by atoms with van der Waals surface area (Å²) in [5.74, 6) is 0.999. The fraction of sp³-hybridized carbons (Fsp3) is 1.00. The maximum absolute atomic E-state index is 12.9. The minimum Gasteiger partial charge on any atom is -0.314 e. The van der Waals surface area contributed by atoms with E-state index in [1.54, 1.807) is 16.7 Å². The predicted octanol–water partition coefficient (Wildman–Crippen LogP) is 2.07. The average molecular weight is 254 g/mol. The molecule has 2 unspecified atom stereocenters. The Morgan fingerprint density at radius 3 is 2.69 bits per heavy atom. The van der Waals surface area contributed by atoms with E-state index in [0.717, 1.165) is 25.0 Å². The minimum absolute atomic E-state index is 0.0422. The van der Waals surface area contributed by atoms with E-state index in [4.69, 9.17) is 0 Å². The Balaban J connectivity index is 2.03. The lowest BCUT2D eigenvalue weighted by Gasteiger charge is -2.43. The van der Waals surface area contributed by atoms with Crippen LogP contribution < -0.4 is 5.32 Å². The molecule has 2 rings (SSSR count). The van der Waals surface area contributed by atoms with Gasteiger partial charge in [0.15, 0.2) is 0 Å². The molecule has 16 heavy (non-hydrogen) atoms. The first kappa shape index (κ1) is 12.5. The molecule has 0 spiro atoms. The predicted molar refractivity (Wildman–Crippen MR) is 59.5 cm³/mol. The van der Waals surface area contributed by atoms with Gasteiger partial charge in [0, 0.05) is 19.6 Å². The number of nitrogens with one attached hydrogen (secondary N) is 1. The van der Waals surface area contributed by atoms with Gasteiger partial charge in [-0.3, -0.25) is 4.90 Å². The van der Waals surface area contributed by atoms with Gasteiger partial charge in [0.2, 0.25) is 0 Å². The molecule has 94 valence electrons. The largest absolute Gasteiger partial charge is 0.405 e. The number of piperazine rings is 1. The molecule has 0 radical (unpaired) electrons. The zero-order chi connectivity index (χ0) is 11.6. The van der Waals surface area contributed by atoms with E-state index in [0.29, 0.717) is 13.1 Å². The molecule has 6 heteroatoms. The zero-order valence-corrected chi connectivity index (χ0v) is 9.91. The van der Waals surface area contributed by atoms with Gasteiger partial charge in [-0.1, -0.05) is 6.42 Å². The molecule has 0 aromatic carbocycles. The van der Waals surface area contributed by atoms with Gasteiger partial charge >= 0.3 is 6.18 Å². The Bertz CT molecular complexity index is 229. The number of nitrogens with zero attached hydrogens (tertiary/aromatic N) is 1. The second-order valence-corrected chi connectivity index (χ2v) is 5.61. The molecule has 0 amide bonds. The van der Waals surface area contributed by atoms with Crippen molar-refractivity contribution in [2.75, 3.05) is 25.4 Å². The van der Waals surface area contributed by atoms with Gasteiger partial charge in [-0.05, 0) is 18.6 Å². The molecule has 0 aliphatic carbocycles. The van der Waals surface area contributed by atoms with Crippen molar-refractivity contribution in [3.63, 3.8) is 0 Å². The summed E-state index contributed by atoms with van der Waals surface area (Å²) in [6, 6.07) is -1.29. The van der Waals surface area contributed by atoms with Crippen molar-refractivity contribution in [1.29, 1.82) is 0 Å². The van der Waals surface area contributed by atoms with Crippen molar-refractivity contribution in [2.24, 2.45) is 0 Å². The molecule has 1 N–H and O–H groups in total. The van der Waals surface area contributed by atoms with Crippen LogP contribution in [-0.4, -0.2) is 47.9 Å². The fourth-order valence-corrected chi connectivity index (χ4v) is 3.77. The van der Waals surface area contributed by atoms with E-state index in [9.17, 15) is 13.2 Å². The van der Waals surface area contributed by atoms with E-state index in [2.05, 4.69) is 5.32 Å². The highest BCUT2D eigenvalue weighted by Gasteiger charge is 2.46. The maximum Gasteiger partial charge on any atom is 0.405 e. The molecule has 2 heterocycles. The van der Waals surface area contributed by atoms with Crippen LogP contribution in [0, 0.1) is 0 Å². The van der Waals surface area contributed by atoms with Crippen LogP contribution in [0.15, 0.2) is 0 Å². The highest BCUT2D eigenvalue weighted by molar-refractivity contribution is 7.99. The summed E-state index contributed by atoms with van der Waals surface area (Å²) in [7, 11) is 0. The number of hydrogen-bond acceptors (Lipinski definition) is 3. The number of alkyl halides is 3. The summed E-state index contributed by atoms with van der Waals surface area (Å²) >= 11 is 1.69. The third-order valence-electron chi connectivity index (χ3n) is 3.19. The minimum atomic E-state index is -4.11. The second-order valence-electron chi connectivity index (χ2n) is 4.32. The van der Waals surface area contributed by atoms with Gasteiger partial charge in [-0.25, -0.2) is 0 Å². The molecular formula is C10H17F3N2S. The van der Waals surface area contributed by atoms with Crippen molar-refractivity contribution in [2.45, 2.75) is 36.9 Å². The fourth-order valence-electron chi connectivity index (χ4n) is 2.35. The molecular weight excluding hydrogens is 237 g/mol. The van der Waals surface area contributed by atoms with Crippen molar-refractivity contribution >= 4 is 11.8 Å². The second kappa shape index (κ2) is 5.14. The van der Waals surface area contributed by atoms with Gasteiger partial charge in [-0.2, -0.15) is 13.2 Å². The van der Waals surface area contributed by atoms with E-state index < -0.39 is 12.2 Å². The van der Waals surface area contributed by atoms with Crippen molar-refractivity contribution < 1.29 is 13.2 Å². The highest BCUT2D eigenvalue weighted by atomic mass is 32.2. The summed E-state index contributed by atoms with van der Waals surface area (Å²) in [5, 5.41) is 2.91. The number of halogens is 3. The molecule has 2 fully saturated rings. The monoisotopic (exact) mass is 254 g/mol. The van der Waals surface area contributed by atoms with E-state index in [1.165, 1.54) is 0 Å². The Morgan fingerprint density at radius 2 is 2.06 bits per heavy atom. The Labute approximate surface area is 97.9 Å². The van der Waals surface area contributed by atoms with Crippen LogP contribution >= 0.6 is 11.8 Å². The van der Waals surface area contributed by atoms with E-state index >= 15 is 0 Å². The third kappa shape index (κ3) is 2.84. The third-order valence-corrected chi connectivity index (χ3v) is 4.60. The molecule has 2 aliphatic rings. The topological polar surface area (TPSA) is 15.3 Å². The van der Waals surface area contributed by atoms with E-state index in [-0.39, 0.29) is 11.9 Å². The molecule has 2 nitrogen and oxygen atoms in total. The summed E-state index contributed by atoms with van der Waals surface area (Å²) in [4.78, 5) is 1.65. The van der Waals surface area contributed by atoms with Crippen molar-refractivity contribution in [3.05, 3.63) is 0 Å². The molecule has 0 aromatic rings. The highest BCUT2D eigenvalue weighted by Crippen LogP contribution is 2.34. The standard InChI is InChI=1S/C10H17F3N2S/c11-10(12,13)8-7-14-4-5-15(8)9-3-1-2-6-16-9/h8-9,14H,1-7H2. The quantitative estimate of drug-likeness (QED) is 0.771. The maximum atomic E-state index is 12.9. The number of thioether (sulfide) groups is 1. The van der Waals surface area contributed by atoms with Crippen LogP contribution in [0.25, 0.3) is 0 Å². The molecule has 0 saturated carbocycles. The first-order valence-corrected chi connectivity index (χ1v) is 6.78.